The zero-order valence-electron chi connectivity index (χ0n) is 13.9. The van der Waals surface area contributed by atoms with E-state index in [9.17, 15) is 9.59 Å². The van der Waals surface area contributed by atoms with E-state index in [1.54, 1.807) is 0 Å². The van der Waals surface area contributed by atoms with E-state index in [-0.39, 0.29) is 18.4 Å². The predicted octanol–water partition coefficient (Wildman–Crippen LogP) is 1.24. The third-order valence-electron chi connectivity index (χ3n) is 4.50. The fourth-order valence-corrected chi connectivity index (χ4v) is 2.81. The minimum Gasteiger partial charge on any atom is -0.347 e. The molecule has 0 aromatic heterocycles. The summed E-state index contributed by atoms with van der Waals surface area (Å²) in [5.41, 5.74) is 8.00. The number of benzene rings is 1. The average molecular weight is 317 g/mol. The van der Waals surface area contributed by atoms with Crippen molar-refractivity contribution in [3.8, 4) is 0 Å². The van der Waals surface area contributed by atoms with E-state index in [2.05, 4.69) is 5.32 Å². The first kappa shape index (κ1) is 17.5. The Morgan fingerprint density at radius 1 is 1.22 bits per heavy atom. The predicted molar refractivity (Wildman–Crippen MR) is 90.9 cm³/mol. The SMILES string of the molecule is Cc1ccc(CCC(=O)NCC(=O)N2CCC(CN)CC2)cc1. The number of amides is 2. The van der Waals surface area contributed by atoms with Gasteiger partial charge in [-0.1, -0.05) is 29.8 Å². The van der Waals surface area contributed by atoms with Gasteiger partial charge in [-0.15, -0.1) is 0 Å². The van der Waals surface area contributed by atoms with Crippen molar-refractivity contribution in [2.45, 2.75) is 32.6 Å². The van der Waals surface area contributed by atoms with Gasteiger partial charge in [0.25, 0.3) is 0 Å². The molecule has 0 radical (unpaired) electrons. The fraction of sp³-hybridized carbons (Fsp3) is 0.556. The smallest absolute Gasteiger partial charge is 0.241 e. The highest BCUT2D eigenvalue weighted by Gasteiger charge is 2.21. The highest BCUT2D eigenvalue weighted by molar-refractivity contribution is 5.84. The summed E-state index contributed by atoms with van der Waals surface area (Å²) in [6.45, 7) is 4.33. The minimum absolute atomic E-state index is 0.00385. The molecule has 5 heteroatoms. The van der Waals surface area contributed by atoms with Gasteiger partial charge in [0.05, 0.1) is 6.54 Å². The molecule has 2 amide bonds. The molecule has 1 fully saturated rings. The van der Waals surface area contributed by atoms with Gasteiger partial charge < -0.3 is 16.0 Å². The van der Waals surface area contributed by atoms with Gasteiger partial charge in [-0.05, 0) is 44.2 Å². The van der Waals surface area contributed by atoms with Crippen LogP contribution in [-0.4, -0.2) is 42.9 Å². The second kappa shape index (κ2) is 8.67. The van der Waals surface area contributed by atoms with E-state index in [4.69, 9.17) is 5.73 Å². The van der Waals surface area contributed by atoms with Crippen molar-refractivity contribution >= 4 is 11.8 Å². The highest BCUT2D eigenvalue weighted by atomic mass is 16.2. The molecule has 2 rings (SSSR count). The number of hydrogen-bond donors (Lipinski definition) is 2. The molecular formula is C18H27N3O2. The molecule has 23 heavy (non-hydrogen) atoms. The fourth-order valence-electron chi connectivity index (χ4n) is 2.81. The van der Waals surface area contributed by atoms with Crippen molar-refractivity contribution in [2.24, 2.45) is 11.7 Å². The van der Waals surface area contributed by atoms with Crippen LogP contribution in [0.25, 0.3) is 0 Å². The Hall–Kier alpha value is -1.88. The number of aryl methyl sites for hydroxylation is 2. The van der Waals surface area contributed by atoms with Crippen LogP contribution >= 0.6 is 0 Å². The van der Waals surface area contributed by atoms with Crippen molar-refractivity contribution in [3.63, 3.8) is 0 Å². The zero-order valence-corrected chi connectivity index (χ0v) is 13.9. The van der Waals surface area contributed by atoms with Crippen LogP contribution in [0.1, 0.15) is 30.4 Å². The van der Waals surface area contributed by atoms with Gasteiger partial charge in [0.1, 0.15) is 0 Å². The third kappa shape index (κ3) is 5.67. The van der Waals surface area contributed by atoms with Gasteiger partial charge in [-0.25, -0.2) is 0 Å². The lowest BCUT2D eigenvalue weighted by atomic mass is 9.97. The van der Waals surface area contributed by atoms with Crippen LogP contribution in [0.3, 0.4) is 0 Å². The normalized spacial score (nSPS) is 15.5. The number of nitrogens with zero attached hydrogens (tertiary/aromatic N) is 1. The molecule has 1 saturated heterocycles. The first-order chi connectivity index (χ1) is 11.1. The van der Waals surface area contributed by atoms with E-state index in [0.717, 1.165) is 31.5 Å². The average Bonchev–Trinajstić information content (AvgIpc) is 2.59. The summed E-state index contributed by atoms with van der Waals surface area (Å²) in [6.07, 6.45) is 3.03. The van der Waals surface area contributed by atoms with Gasteiger partial charge in [0.15, 0.2) is 0 Å². The number of likely N-dealkylation sites (tertiary alicyclic amines) is 1. The molecule has 0 spiro atoms. The Bertz CT molecular complexity index is 520. The van der Waals surface area contributed by atoms with Crippen LogP contribution in [0.4, 0.5) is 0 Å². The van der Waals surface area contributed by atoms with E-state index >= 15 is 0 Å². The van der Waals surface area contributed by atoms with Crippen LogP contribution in [0.15, 0.2) is 24.3 Å². The molecule has 1 heterocycles. The number of carbonyl (C=O) groups excluding carboxylic acids is 2. The summed E-state index contributed by atoms with van der Waals surface area (Å²) >= 11 is 0. The Morgan fingerprint density at radius 2 is 1.87 bits per heavy atom. The molecule has 3 N–H and O–H groups in total. The van der Waals surface area contributed by atoms with Gasteiger partial charge in [-0.2, -0.15) is 0 Å². The maximum absolute atomic E-state index is 12.1. The van der Waals surface area contributed by atoms with Gasteiger partial charge in [0.2, 0.25) is 11.8 Å². The summed E-state index contributed by atoms with van der Waals surface area (Å²) in [6, 6.07) is 8.16. The van der Waals surface area contributed by atoms with Crippen LogP contribution in [-0.2, 0) is 16.0 Å². The van der Waals surface area contributed by atoms with Gasteiger partial charge >= 0.3 is 0 Å². The lowest BCUT2D eigenvalue weighted by Crippen LogP contribution is -2.44. The maximum Gasteiger partial charge on any atom is 0.241 e. The van der Waals surface area contributed by atoms with E-state index in [0.29, 0.717) is 25.3 Å². The lowest BCUT2D eigenvalue weighted by molar-refractivity contribution is -0.134. The Morgan fingerprint density at radius 3 is 2.48 bits per heavy atom. The summed E-state index contributed by atoms with van der Waals surface area (Å²) in [7, 11) is 0. The van der Waals surface area contributed by atoms with E-state index in [1.165, 1.54) is 5.56 Å². The molecule has 0 saturated carbocycles. The first-order valence-electron chi connectivity index (χ1n) is 8.38. The number of nitrogens with one attached hydrogen (secondary N) is 1. The highest BCUT2D eigenvalue weighted by Crippen LogP contribution is 2.15. The summed E-state index contributed by atoms with van der Waals surface area (Å²) in [4.78, 5) is 25.8. The Labute approximate surface area is 138 Å². The molecule has 0 aliphatic carbocycles. The second-order valence-corrected chi connectivity index (χ2v) is 6.32. The monoisotopic (exact) mass is 317 g/mol. The van der Waals surface area contributed by atoms with Crippen molar-refractivity contribution in [2.75, 3.05) is 26.2 Å². The molecule has 1 aromatic carbocycles. The van der Waals surface area contributed by atoms with Crippen molar-refractivity contribution in [1.82, 2.24) is 10.2 Å². The van der Waals surface area contributed by atoms with Gasteiger partial charge in [-0.3, -0.25) is 9.59 Å². The van der Waals surface area contributed by atoms with Crippen molar-refractivity contribution in [1.29, 1.82) is 0 Å². The van der Waals surface area contributed by atoms with E-state index in [1.807, 2.05) is 36.1 Å². The number of rotatable bonds is 6. The summed E-state index contributed by atoms with van der Waals surface area (Å²) in [5.74, 6) is 0.461. The third-order valence-corrected chi connectivity index (χ3v) is 4.50. The lowest BCUT2D eigenvalue weighted by Gasteiger charge is -2.31. The van der Waals surface area contributed by atoms with Crippen LogP contribution in [0.5, 0.6) is 0 Å². The van der Waals surface area contributed by atoms with Crippen molar-refractivity contribution in [3.05, 3.63) is 35.4 Å². The van der Waals surface area contributed by atoms with Crippen LogP contribution in [0, 0.1) is 12.8 Å². The molecule has 0 bridgehead atoms. The minimum atomic E-state index is -0.0734. The summed E-state index contributed by atoms with van der Waals surface area (Å²) < 4.78 is 0. The molecule has 0 atom stereocenters. The molecule has 5 nitrogen and oxygen atoms in total. The quantitative estimate of drug-likeness (QED) is 0.829. The molecule has 1 aliphatic heterocycles. The molecule has 1 aromatic rings. The summed E-state index contributed by atoms with van der Waals surface area (Å²) in [5, 5.41) is 2.73. The van der Waals surface area contributed by atoms with Crippen molar-refractivity contribution < 1.29 is 9.59 Å². The second-order valence-electron chi connectivity index (χ2n) is 6.32. The molecule has 0 unspecified atom stereocenters. The zero-order chi connectivity index (χ0) is 16.7. The number of hydrogen-bond acceptors (Lipinski definition) is 3. The maximum atomic E-state index is 12.1. The molecule has 126 valence electrons. The first-order valence-corrected chi connectivity index (χ1v) is 8.38. The largest absolute Gasteiger partial charge is 0.347 e. The number of nitrogens with two attached hydrogens (primary N) is 1. The standard InChI is InChI=1S/C18H27N3O2/c1-14-2-4-15(5-3-14)6-7-17(22)20-13-18(23)21-10-8-16(12-19)9-11-21/h2-5,16H,6-13,19H2,1H3,(H,20,22). The van der Waals surface area contributed by atoms with Crippen LogP contribution < -0.4 is 11.1 Å². The molecule has 1 aliphatic rings. The van der Waals surface area contributed by atoms with Gasteiger partial charge in [0, 0.05) is 19.5 Å². The Balaban J connectivity index is 1.66. The molecular weight excluding hydrogens is 290 g/mol. The number of piperidine rings is 1. The van der Waals surface area contributed by atoms with Crippen LogP contribution in [0.2, 0.25) is 0 Å². The Kier molecular flexibility index (Phi) is 6.59. The number of carbonyl (C=O) groups is 2. The van der Waals surface area contributed by atoms with E-state index < -0.39 is 0 Å². The topological polar surface area (TPSA) is 75.4 Å².